The van der Waals surface area contributed by atoms with Crippen LogP contribution in [0.2, 0.25) is 0 Å². The zero-order valence-corrected chi connectivity index (χ0v) is 13.7. The van der Waals surface area contributed by atoms with Crippen molar-refractivity contribution < 1.29 is 9.47 Å². The number of benzene rings is 2. The molecule has 1 fully saturated rings. The summed E-state index contributed by atoms with van der Waals surface area (Å²) >= 11 is 0. The maximum atomic E-state index is 6.12. The molecule has 0 unspecified atom stereocenters. The summed E-state index contributed by atoms with van der Waals surface area (Å²) in [6.45, 7) is 5.42. The second-order valence-electron chi connectivity index (χ2n) is 5.96. The van der Waals surface area contributed by atoms with Gasteiger partial charge in [0, 0.05) is 12.5 Å². The van der Waals surface area contributed by atoms with Gasteiger partial charge in [-0.25, -0.2) is 0 Å². The molecule has 2 aromatic rings. The highest BCUT2D eigenvalue weighted by molar-refractivity contribution is 5.39. The Bertz CT molecular complexity index is 600. The maximum absolute atomic E-state index is 6.12. The third-order valence-corrected chi connectivity index (χ3v) is 4.44. The van der Waals surface area contributed by atoms with Gasteiger partial charge < -0.3 is 14.8 Å². The van der Waals surface area contributed by atoms with Crippen molar-refractivity contribution in [1.29, 1.82) is 0 Å². The monoisotopic (exact) mass is 311 g/mol. The summed E-state index contributed by atoms with van der Waals surface area (Å²) in [7, 11) is 0. The van der Waals surface area contributed by atoms with E-state index >= 15 is 0 Å². The van der Waals surface area contributed by atoms with E-state index in [1.807, 2.05) is 31.2 Å². The molecule has 0 amide bonds. The van der Waals surface area contributed by atoms with Gasteiger partial charge in [0.25, 0.3) is 0 Å². The molecule has 0 aliphatic carbocycles. The molecule has 0 aromatic heterocycles. The van der Waals surface area contributed by atoms with Crippen LogP contribution in [0.1, 0.15) is 24.8 Å². The number of piperidine rings is 1. The Hall–Kier alpha value is -2.00. The molecule has 23 heavy (non-hydrogen) atoms. The SMILES string of the molecule is CCOc1ccccc1OC[C@H]1CNCC[C@H]1c1ccccc1. The van der Waals surface area contributed by atoms with Gasteiger partial charge in [-0.05, 0) is 43.5 Å². The third-order valence-electron chi connectivity index (χ3n) is 4.44. The highest BCUT2D eigenvalue weighted by Crippen LogP contribution is 2.32. The Morgan fingerprint density at radius 3 is 2.39 bits per heavy atom. The summed E-state index contributed by atoms with van der Waals surface area (Å²) in [6, 6.07) is 18.7. The zero-order valence-electron chi connectivity index (χ0n) is 13.7. The van der Waals surface area contributed by atoms with Gasteiger partial charge in [0.2, 0.25) is 0 Å². The van der Waals surface area contributed by atoms with E-state index in [4.69, 9.17) is 9.47 Å². The van der Waals surface area contributed by atoms with E-state index in [2.05, 4.69) is 35.6 Å². The van der Waals surface area contributed by atoms with E-state index in [9.17, 15) is 0 Å². The molecule has 0 saturated carbocycles. The Morgan fingerprint density at radius 1 is 0.957 bits per heavy atom. The Morgan fingerprint density at radius 2 is 1.65 bits per heavy atom. The lowest BCUT2D eigenvalue weighted by Crippen LogP contribution is -2.38. The quantitative estimate of drug-likeness (QED) is 0.879. The number of ether oxygens (including phenoxy) is 2. The molecule has 2 atom stereocenters. The minimum atomic E-state index is 0.473. The maximum Gasteiger partial charge on any atom is 0.161 e. The second kappa shape index (κ2) is 8.02. The Labute approximate surface area is 138 Å². The van der Waals surface area contributed by atoms with Crippen LogP contribution in [-0.4, -0.2) is 26.3 Å². The van der Waals surface area contributed by atoms with Gasteiger partial charge in [-0.2, -0.15) is 0 Å². The Balaban J connectivity index is 1.68. The average Bonchev–Trinajstić information content (AvgIpc) is 2.62. The van der Waals surface area contributed by atoms with Gasteiger partial charge >= 0.3 is 0 Å². The first-order valence-electron chi connectivity index (χ1n) is 8.48. The minimum absolute atomic E-state index is 0.473. The van der Waals surface area contributed by atoms with Crippen molar-refractivity contribution in [2.24, 2.45) is 5.92 Å². The van der Waals surface area contributed by atoms with Crippen LogP contribution in [0.5, 0.6) is 11.5 Å². The van der Waals surface area contributed by atoms with E-state index < -0.39 is 0 Å². The molecule has 2 aromatic carbocycles. The summed E-state index contributed by atoms with van der Waals surface area (Å²) in [6.07, 6.45) is 1.16. The van der Waals surface area contributed by atoms with E-state index in [0.29, 0.717) is 25.0 Å². The van der Waals surface area contributed by atoms with Gasteiger partial charge in [0.1, 0.15) is 0 Å². The molecule has 1 aliphatic heterocycles. The summed E-state index contributed by atoms with van der Waals surface area (Å²) in [5, 5.41) is 3.50. The van der Waals surface area contributed by atoms with E-state index in [0.717, 1.165) is 31.0 Å². The van der Waals surface area contributed by atoms with Gasteiger partial charge in [0.05, 0.1) is 13.2 Å². The minimum Gasteiger partial charge on any atom is -0.490 e. The van der Waals surface area contributed by atoms with Crippen molar-refractivity contribution >= 4 is 0 Å². The fraction of sp³-hybridized carbons (Fsp3) is 0.400. The van der Waals surface area contributed by atoms with Crippen LogP contribution in [0.15, 0.2) is 54.6 Å². The Kier molecular flexibility index (Phi) is 5.54. The highest BCUT2D eigenvalue weighted by Gasteiger charge is 2.27. The van der Waals surface area contributed by atoms with Crippen LogP contribution in [-0.2, 0) is 0 Å². The van der Waals surface area contributed by atoms with Crippen molar-refractivity contribution in [3.05, 3.63) is 60.2 Å². The molecule has 0 radical (unpaired) electrons. The topological polar surface area (TPSA) is 30.5 Å². The third kappa shape index (κ3) is 4.05. The predicted octanol–water partition coefficient (Wildman–Crippen LogP) is 3.86. The number of hydrogen-bond donors (Lipinski definition) is 1. The van der Waals surface area contributed by atoms with Crippen LogP contribution < -0.4 is 14.8 Å². The molecule has 1 saturated heterocycles. The fourth-order valence-corrected chi connectivity index (χ4v) is 3.28. The van der Waals surface area contributed by atoms with Crippen molar-refractivity contribution in [3.63, 3.8) is 0 Å². The van der Waals surface area contributed by atoms with Gasteiger partial charge in [-0.15, -0.1) is 0 Å². The zero-order chi connectivity index (χ0) is 15.9. The molecule has 0 spiro atoms. The molecule has 122 valence electrons. The van der Waals surface area contributed by atoms with E-state index in [-0.39, 0.29) is 0 Å². The van der Waals surface area contributed by atoms with Crippen LogP contribution >= 0.6 is 0 Å². The van der Waals surface area contributed by atoms with Gasteiger partial charge in [-0.3, -0.25) is 0 Å². The van der Waals surface area contributed by atoms with Crippen LogP contribution in [0.3, 0.4) is 0 Å². The number of rotatable bonds is 6. The molecule has 3 heteroatoms. The molecule has 0 bridgehead atoms. The average molecular weight is 311 g/mol. The molecular formula is C20H25NO2. The van der Waals surface area contributed by atoms with Crippen molar-refractivity contribution in [2.45, 2.75) is 19.3 Å². The van der Waals surface area contributed by atoms with E-state index in [1.165, 1.54) is 5.56 Å². The van der Waals surface area contributed by atoms with Crippen molar-refractivity contribution in [2.75, 3.05) is 26.3 Å². The first kappa shape index (κ1) is 15.9. The molecule has 1 aliphatic rings. The van der Waals surface area contributed by atoms with Gasteiger partial charge in [0.15, 0.2) is 11.5 Å². The summed E-state index contributed by atoms with van der Waals surface area (Å²) in [4.78, 5) is 0. The number of para-hydroxylation sites is 2. The molecule has 3 rings (SSSR count). The normalized spacial score (nSPS) is 20.9. The van der Waals surface area contributed by atoms with Crippen molar-refractivity contribution in [3.8, 4) is 11.5 Å². The standard InChI is InChI=1S/C20H25NO2/c1-2-22-19-10-6-7-11-20(19)23-15-17-14-21-13-12-18(17)16-8-4-3-5-9-16/h3-11,17-18,21H,2,12-15H2,1H3/t17-,18+/m1/s1. The lowest BCUT2D eigenvalue weighted by atomic mass is 9.81. The van der Waals surface area contributed by atoms with Crippen LogP contribution in [0, 0.1) is 5.92 Å². The molecular weight excluding hydrogens is 286 g/mol. The van der Waals surface area contributed by atoms with Crippen LogP contribution in [0.4, 0.5) is 0 Å². The lowest BCUT2D eigenvalue weighted by molar-refractivity contribution is 0.189. The smallest absolute Gasteiger partial charge is 0.161 e. The summed E-state index contributed by atoms with van der Waals surface area (Å²) < 4.78 is 11.8. The largest absolute Gasteiger partial charge is 0.490 e. The summed E-state index contributed by atoms with van der Waals surface area (Å²) in [5.74, 6) is 2.69. The fourth-order valence-electron chi connectivity index (χ4n) is 3.28. The number of nitrogens with one attached hydrogen (secondary N) is 1. The first-order chi connectivity index (χ1) is 11.4. The lowest BCUT2D eigenvalue weighted by Gasteiger charge is -2.32. The highest BCUT2D eigenvalue weighted by atomic mass is 16.5. The predicted molar refractivity (Wildman–Crippen MR) is 93.3 cm³/mol. The van der Waals surface area contributed by atoms with Gasteiger partial charge in [-0.1, -0.05) is 42.5 Å². The summed E-state index contributed by atoms with van der Waals surface area (Å²) in [5.41, 5.74) is 1.42. The number of hydrogen-bond acceptors (Lipinski definition) is 3. The van der Waals surface area contributed by atoms with Crippen LogP contribution in [0.25, 0.3) is 0 Å². The van der Waals surface area contributed by atoms with Crippen molar-refractivity contribution in [1.82, 2.24) is 5.32 Å². The molecule has 1 N–H and O–H groups in total. The molecule has 3 nitrogen and oxygen atoms in total. The van der Waals surface area contributed by atoms with E-state index in [1.54, 1.807) is 0 Å². The second-order valence-corrected chi connectivity index (χ2v) is 5.96. The first-order valence-corrected chi connectivity index (χ1v) is 8.48. The molecule has 1 heterocycles.